The van der Waals surface area contributed by atoms with Crippen molar-refractivity contribution in [3.05, 3.63) is 35.4 Å². The molecule has 3 nitrogen and oxygen atoms in total. The molecular weight excluding hydrogens is 258 g/mol. The Morgan fingerprint density at radius 3 is 2.89 bits per heavy atom. The van der Waals surface area contributed by atoms with Gasteiger partial charge in [0.25, 0.3) is 0 Å². The van der Waals surface area contributed by atoms with Gasteiger partial charge in [-0.15, -0.1) is 0 Å². The maximum atomic E-state index is 11.0. The standard InChI is InChI=1S/C15H23NO2S/c1-19(17,18)11-5-10-16-12-14-8-4-7-13-6-2-3-9-15(13)14/h2-3,6,9,14,16H,4-5,7-8,10-12H2,1H3. The molecule has 0 bridgehead atoms. The summed E-state index contributed by atoms with van der Waals surface area (Å²) >= 11 is 0. The second kappa shape index (κ2) is 6.53. The van der Waals surface area contributed by atoms with Gasteiger partial charge in [0.05, 0.1) is 5.75 Å². The average Bonchev–Trinajstić information content (AvgIpc) is 2.37. The molecule has 19 heavy (non-hydrogen) atoms. The minimum Gasteiger partial charge on any atom is -0.316 e. The highest BCUT2D eigenvalue weighted by Crippen LogP contribution is 2.30. The lowest BCUT2D eigenvalue weighted by molar-refractivity contribution is 0.506. The smallest absolute Gasteiger partial charge is 0.147 e. The molecule has 1 aliphatic rings. The van der Waals surface area contributed by atoms with Crippen molar-refractivity contribution in [2.24, 2.45) is 0 Å². The Morgan fingerprint density at radius 2 is 2.11 bits per heavy atom. The van der Waals surface area contributed by atoms with Crippen molar-refractivity contribution in [2.45, 2.75) is 31.6 Å². The van der Waals surface area contributed by atoms with E-state index in [1.807, 2.05) is 0 Å². The van der Waals surface area contributed by atoms with Gasteiger partial charge in [-0.2, -0.15) is 0 Å². The Hall–Kier alpha value is -0.870. The van der Waals surface area contributed by atoms with E-state index < -0.39 is 9.84 Å². The highest BCUT2D eigenvalue weighted by Gasteiger charge is 2.18. The van der Waals surface area contributed by atoms with E-state index in [0.717, 1.165) is 13.1 Å². The van der Waals surface area contributed by atoms with Gasteiger partial charge in [0.2, 0.25) is 0 Å². The van der Waals surface area contributed by atoms with Gasteiger partial charge in [0.1, 0.15) is 9.84 Å². The fourth-order valence-corrected chi connectivity index (χ4v) is 3.47. The van der Waals surface area contributed by atoms with Gasteiger partial charge < -0.3 is 5.32 Å². The summed E-state index contributed by atoms with van der Waals surface area (Å²) in [6.45, 7) is 1.74. The van der Waals surface area contributed by atoms with E-state index >= 15 is 0 Å². The lowest BCUT2D eigenvalue weighted by Crippen LogP contribution is -2.26. The quantitative estimate of drug-likeness (QED) is 0.813. The fraction of sp³-hybridized carbons (Fsp3) is 0.600. The number of benzene rings is 1. The maximum absolute atomic E-state index is 11.0. The van der Waals surface area contributed by atoms with Gasteiger partial charge in [0.15, 0.2) is 0 Å². The molecule has 0 saturated heterocycles. The van der Waals surface area contributed by atoms with Gasteiger partial charge in [-0.05, 0) is 49.3 Å². The topological polar surface area (TPSA) is 46.2 Å². The second-order valence-electron chi connectivity index (χ2n) is 5.48. The zero-order valence-electron chi connectivity index (χ0n) is 11.6. The highest BCUT2D eigenvalue weighted by atomic mass is 32.2. The van der Waals surface area contributed by atoms with Crippen molar-refractivity contribution < 1.29 is 8.42 Å². The summed E-state index contributed by atoms with van der Waals surface area (Å²) in [5.41, 5.74) is 2.96. The van der Waals surface area contributed by atoms with Crippen molar-refractivity contribution in [1.82, 2.24) is 5.32 Å². The van der Waals surface area contributed by atoms with Crippen LogP contribution in [-0.2, 0) is 16.3 Å². The molecule has 0 aromatic heterocycles. The van der Waals surface area contributed by atoms with Crippen molar-refractivity contribution in [3.63, 3.8) is 0 Å². The minimum atomic E-state index is -2.82. The maximum Gasteiger partial charge on any atom is 0.147 e. The molecule has 2 rings (SSSR count). The van der Waals surface area contributed by atoms with Gasteiger partial charge in [-0.25, -0.2) is 8.42 Å². The van der Waals surface area contributed by atoms with Gasteiger partial charge >= 0.3 is 0 Å². The van der Waals surface area contributed by atoms with Crippen LogP contribution in [0.15, 0.2) is 24.3 Å². The summed E-state index contributed by atoms with van der Waals surface area (Å²) in [6, 6.07) is 8.68. The summed E-state index contributed by atoms with van der Waals surface area (Å²) in [5, 5.41) is 3.40. The van der Waals surface area contributed by atoms with Gasteiger partial charge in [-0.1, -0.05) is 24.3 Å². The third-order valence-corrected chi connectivity index (χ3v) is 4.78. The van der Waals surface area contributed by atoms with Crippen LogP contribution in [0.25, 0.3) is 0 Å². The Balaban J connectivity index is 1.78. The predicted octanol–water partition coefficient (Wildman–Crippen LogP) is 2.13. The molecule has 0 fully saturated rings. The van der Waals surface area contributed by atoms with Crippen LogP contribution in [-0.4, -0.2) is 33.5 Å². The molecule has 106 valence electrons. The lowest BCUT2D eigenvalue weighted by Gasteiger charge is -2.25. The molecule has 0 saturated carbocycles. The van der Waals surface area contributed by atoms with E-state index in [9.17, 15) is 8.42 Å². The van der Waals surface area contributed by atoms with Crippen LogP contribution in [0.4, 0.5) is 0 Å². The second-order valence-corrected chi connectivity index (χ2v) is 7.74. The number of nitrogens with one attached hydrogen (secondary N) is 1. The summed E-state index contributed by atoms with van der Waals surface area (Å²) in [7, 11) is -2.82. The zero-order chi connectivity index (χ0) is 13.7. The first-order valence-electron chi connectivity index (χ1n) is 7.02. The largest absolute Gasteiger partial charge is 0.316 e. The monoisotopic (exact) mass is 281 g/mol. The van der Waals surface area contributed by atoms with E-state index in [0.29, 0.717) is 12.3 Å². The van der Waals surface area contributed by atoms with Crippen LogP contribution in [0.3, 0.4) is 0 Å². The SMILES string of the molecule is CS(=O)(=O)CCCNCC1CCCc2ccccc21. The van der Waals surface area contributed by atoms with Crippen molar-refractivity contribution in [1.29, 1.82) is 0 Å². The Kier molecular flexibility index (Phi) is 4.99. The molecule has 1 aliphatic carbocycles. The molecule has 0 amide bonds. The number of hydrogen-bond acceptors (Lipinski definition) is 3. The molecule has 1 aromatic rings. The molecule has 0 spiro atoms. The molecule has 1 N–H and O–H groups in total. The Morgan fingerprint density at radius 1 is 1.32 bits per heavy atom. The molecule has 0 heterocycles. The molecule has 1 unspecified atom stereocenters. The predicted molar refractivity (Wildman–Crippen MR) is 79.3 cm³/mol. The van der Waals surface area contributed by atoms with Crippen LogP contribution in [0, 0.1) is 0 Å². The van der Waals surface area contributed by atoms with Crippen molar-refractivity contribution >= 4 is 9.84 Å². The summed E-state index contributed by atoms with van der Waals surface area (Å²) in [4.78, 5) is 0. The Labute approximate surface area is 116 Å². The van der Waals surface area contributed by atoms with E-state index in [1.165, 1.54) is 36.6 Å². The number of rotatable bonds is 6. The fourth-order valence-electron chi connectivity index (χ4n) is 2.80. The summed E-state index contributed by atoms with van der Waals surface area (Å²) < 4.78 is 22.1. The highest BCUT2D eigenvalue weighted by molar-refractivity contribution is 7.90. The summed E-state index contributed by atoms with van der Waals surface area (Å²) in [6.07, 6.45) is 5.68. The molecule has 4 heteroatoms. The minimum absolute atomic E-state index is 0.279. The van der Waals surface area contributed by atoms with Crippen LogP contribution in [0.1, 0.15) is 36.3 Å². The number of sulfone groups is 1. The van der Waals surface area contributed by atoms with E-state index in [-0.39, 0.29) is 5.75 Å². The third-order valence-electron chi connectivity index (χ3n) is 3.75. The lowest BCUT2D eigenvalue weighted by atomic mass is 9.83. The number of hydrogen-bond donors (Lipinski definition) is 1. The van der Waals surface area contributed by atoms with Crippen molar-refractivity contribution in [3.8, 4) is 0 Å². The number of fused-ring (bicyclic) bond motifs is 1. The van der Waals surface area contributed by atoms with Crippen LogP contribution in [0.2, 0.25) is 0 Å². The normalized spacial score (nSPS) is 19.1. The van der Waals surface area contributed by atoms with E-state index in [2.05, 4.69) is 29.6 Å². The summed E-state index contributed by atoms with van der Waals surface area (Å²) in [5.74, 6) is 0.865. The van der Waals surface area contributed by atoms with Crippen molar-refractivity contribution in [2.75, 3.05) is 25.1 Å². The first kappa shape index (κ1) is 14.5. The van der Waals surface area contributed by atoms with Crippen LogP contribution in [0.5, 0.6) is 0 Å². The third kappa shape index (κ3) is 4.62. The molecular formula is C15H23NO2S. The molecule has 1 aromatic carbocycles. The average molecular weight is 281 g/mol. The van der Waals surface area contributed by atoms with Crippen LogP contribution < -0.4 is 5.32 Å². The molecule has 1 atom stereocenters. The van der Waals surface area contributed by atoms with Gasteiger partial charge in [-0.3, -0.25) is 0 Å². The number of aryl methyl sites for hydroxylation is 1. The molecule has 0 aliphatic heterocycles. The zero-order valence-corrected chi connectivity index (χ0v) is 12.4. The van der Waals surface area contributed by atoms with Crippen LogP contribution >= 0.6 is 0 Å². The van der Waals surface area contributed by atoms with E-state index in [4.69, 9.17) is 0 Å². The Bertz CT molecular complexity index is 511. The first-order valence-corrected chi connectivity index (χ1v) is 9.08. The van der Waals surface area contributed by atoms with E-state index in [1.54, 1.807) is 0 Å². The molecule has 0 radical (unpaired) electrons. The van der Waals surface area contributed by atoms with Gasteiger partial charge in [0, 0.05) is 12.8 Å². The first-order chi connectivity index (χ1) is 9.06.